The van der Waals surface area contributed by atoms with Crippen molar-refractivity contribution in [3.63, 3.8) is 0 Å². The summed E-state index contributed by atoms with van der Waals surface area (Å²) in [4.78, 5) is 29.1. The van der Waals surface area contributed by atoms with Gasteiger partial charge in [-0.25, -0.2) is 9.18 Å². The number of hydrogen-bond donors (Lipinski definition) is 2. The zero-order valence-electron chi connectivity index (χ0n) is 20.6. The number of aromatic nitrogens is 2. The second-order valence-electron chi connectivity index (χ2n) is 9.30. The van der Waals surface area contributed by atoms with Crippen LogP contribution in [0.1, 0.15) is 35.3 Å². The Morgan fingerprint density at radius 3 is 2.43 bits per heavy atom. The first-order valence-corrected chi connectivity index (χ1v) is 12.0. The Labute approximate surface area is 211 Å². The Bertz CT molecular complexity index is 1380. The van der Waals surface area contributed by atoms with Crippen molar-refractivity contribution in [2.75, 3.05) is 24.5 Å². The summed E-state index contributed by atoms with van der Waals surface area (Å²) in [5.41, 5.74) is 4.10. The Hall–Kier alpha value is -3.44. The van der Waals surface area contributed by atoms with Crippen molar-refractivity contribution in [2.24, 2.45) is 5.73 Å². The van der Waals surface area contributed by atoms with Crippen molar-refractivity contribution in [2.45, 2.75) is 45.2 Å². The molecule has 0 spiro atoms. The van der Waals surface area contributed by atoms with Crippen LogP contribution in [0.15, 0.2) is 58.1 Å². The summed E-state index contributed by atoms with van der Waals surface area (Å²) in [5.74, 6) is -1.09. The summed E-state index contributed by atoms with van der Waals surface area (Å²) in [6.45, 7) is 4.04. The highest BCUT2D eigenvalue weighted by atomic mass is 19.4. The van der Waals surface area contributed by atoms with Gasteiger partial charge in [0.1, 0.15) is 11.5 Å². The number of benzene rings is 2. The van der Waals surface area contributed by atoms with E-state index in [2.05, 4.69) is 5.32 Å². The van der Waals surface area contributed by atoms with Gasteiger partial charge >= 0.3 is 11.9 Å². The zero-order chi connectivity index (χ0) is 26.9. The third kappa shape index (κ3) is 5.47. The third-order valence-corrected chi connectivity index (χ3v) is 6.69. The Morgan fingerprint density at radius 2 is 1.78 bits per heavy atom. The number of rotatable bonds is 6. The molecule has 2 aromatic carbocycles. The molecule has 1 aliphatic heterocycles. The summed E-state index contributed by atoms with van der Waals surface area (Å²) in [6.07, 6.45) is -4.82. The van der Waals surface area contributed by atoms with Crippen LogP contribution in [0.3, 0.4) is 0 Å². The van der Waals surface area contributed by atoms with Gasteiger partial charge in [-0.2, -0.15) is 13.2 Å². The maximum atomic E-state index is 14.7. The van der Waals surface area contributed by atoms with E-state index >= 15 is 0 Å². The lowest BCUT2D eigenvalue weighted by molar-refractivity contribution is -0.138. The van der Waals surface area contributed by atoms with Crippen LogP contribution in [0.4, 0.5) is 23.2 Å². The first kappa shape index (κ1) is 26.6. The molecule has 2 atom stereocenters. The van der Waals surface area contributed by atoms with E-state index in [1.807, 2.05) is 11.8 Å². The van der Waals surface area contributed by atoms with Gasteiger partial charge in [-0.1, -0.05) is 36.4 Å². The number of nitrogens with two attached hydrogens (primary N) is 1. The van der Waals surface area contributed by atoms with Crippen LogP contribution in [0.25, 0.3) is 0 Å². The van der Waals surface area contributed by atoms with Crippen molar-refractivity contribution in [3.8, 4) is 0 Å². The molecule has 4 rings (SSSR count). The average molecular weight is 520 g/mol. The van der Waals surface area contributed by atoms with Crippen molar-refractivity contribution >= 4 is 5.69 Å². The van der Waals surface area contributed by atoms with Gasteiger partial charge in [-0.3, -0.25) is 13.9 Å². The quantitative estimate of drug-likeness (QED) is 0.489. The molecule has 2 unspecified atom stereocenters. The Morgan fingerprint density at radius 1 is 1.08 bits per heavy atom. The second-order valence-corrected chi connectivity index (χ2v) is 9.30. The lowest BCUT2D eigenvalue weighted by Gasteiger charge is -2.35. The second kappa shape index (κ2) is 10.5. The van der Waals surface area contributed by atoms with Crippen LogP contribution in [-0.2, 0) is 19.3 Å². The lowest BCUT2D eigenvalue weighted by atomic mass is 10.1. The largest absolute Gasteiger partial charge is 0.416 e. The van der Waals surface area contributed by atoms with E-state index in [9.17, 15) is 27.2 Å². The number of piperazine rings is 1. The molecule has 3 aromatic rings. The van der Waals surface area contributed by atoms with Gasteiger partial charge in [0.15, 0.2) is 0 Å². The Kier molecular flexibility index (Phi) is 7.56. The van der Waals surface area contributed by atoms with Crippen molar-refractivity contribution in [1.29, 1.82) is 0 Å². The molecule has 0 radical (unpaired) electrons. The molecule has 7 nitrogen and oxygen atoms in total. The summed E-state index contributed by atoms with van der Waals surface area (Å²) >= 11 is 0. The van der Waals surface area contributed by atoms with E-state index in [0.717, 1.165) is 27.3 Å². The summed E-state index contributed by atoms with van der Waals surface area (Å²) in [7, 11) is 0. The molecule has 2 heterocycles. The molecule has 0 saturated carbocycles. The van der Waals surface area contributed by atoms with E-state index < -0.39 is 47.0 Å². The van der Waals surface area contributed by atoms with Crippen LogP contribution < -0.4 is 27.2 Å². The number of alkyl halides is 3. The molecule has 37 heavy (non-hydrogen) atoms. The fourth-order valence-electron chi connectivity index (χ4n) is 4.78. The van der Waals surface area contributed by atoms with Crippen LogP contribution in [0, 0.1) is 12.7 Å². The molecule has 0 bridgehead atoms. The molecule has 1 fully saturated rings. The van der Waals surface area contributed by atoms with Gasteiger partial charge in [0.05, 0.1) is 18.7 Å². The monoisotopic (exact) mass is 519 g/mol. The smallest absolute Gasteiger partial charge is 0.363 e. The van der Waals surface area contributed by atoms with E-state index in [1.54, 1.807) is 30.3 Å². The first-order chi connectivity index (χ1) is 17.5. The van der Waals surface area contributed by atoms with Gasteiger partial charge in [0, 0.05) is 43.0 Å². The van der Waals surface area contributed by atoms with Gasteiger partial charge in [0.25, 0.3) is 5.56 Å². The fraction of sp³-hybridized carbons (Fsp3) is 0.385. The van der Waals surface area contributed by atoms with E-state index in [4.69, 9.17) is 5.73 Å². The van der Waals surface area contributed by atoms with Crippen LogP contribution in [0.2, 0.25) is 0 Å². The minimum absolute atomic E-state index is 0.0383. The standard InChI is InChI=1S/C26H29F4N5O2/c1-16-13-33(12-11-32-16)23-17(2)34(14-19-20(26(28,29)30)9-6-10-21(19)27)25(37)35(24(23)36)15-22(31)18-7-4-3-5-8-18/h3-10,16,22,32H,11-15,31H2,1-2H3. The van der Waals surface area contributed by atoms with Crippen molar-refractivity contribution in [1.82, 2.24) is 14.5 Å². The van der Waals surface area contributed by atoms with Crippen LogP contribution in [-0.4, -0.2) is 34.8 Å². The maximum absolute atomic E-state index is 14.7. The Balaban J connectivity index is 1.89. The number of nitrogens with one attached hydrogen (secondary N) is 1. The minimum Gasteiger partial charge on any atom is -0.363 e. The zero-order valence-corrected chi connectivity index (χ0v) is 20.6. The van der Waals surface area contributed by atoms with Crippen LogP contribution >= 0.6 is 0 Å². The van der Waals surface area contributed by atoms with E-state index in [1.165, 1.54) is 6.92 Å². The van der Waals surface area contributed by atoms with E-state index in [-0.39, 0.29) is 24.0 Å². The molecule has 11 heteroatoms. The summed E-state index contributed by atoms with van der Waals surface area (Å²) in [6, 6.07) is 10.9. The number of hydrogen-bond acceptors (Lipinski definition) is 5. The highest BCUT2D eigenvalue weighted by molar-refractivity contribution is 5.50. The number of halogens is 4. The molecule has 3 N–H and O–H groups in total. The average Bonchev–Trinajstić information content (AvgIpc) is 2.85. The normalized spacial score (nSPS) is 17.2. The highest BCUT2D eigenvalue weighted by Gasteiger charge is 2.35. The topological polar surface area (TPSA) is 85.3 Å². The lowest BCUT2D eigenvalue weighted by Crippen LogP contribution is -2.53. The van der Waals surface area contributed by atoms with E-state index in [0.29, 0.717) is 25.2 Å². The predicted octanol–water partition coefficient (Wildman–Crippen LogP) is 3.02. The predicted molar refractivity (Wildman–Crippen MR) is 133 cm³/mol. The summed E-state index contributed by atoms with van der Waals surface area (Å²) < 4.78 is 57.8. The molecular weight excluding hydrogens is 490 g/mol. The van der Waals surface area contributed by atoms with Crippen LogP contribution in [0.5, 0.6) is 0 Å². The number of nitrogens with zero attached hydrogens (tertiary/aromatic N) is 3. The summed E-state index contributed by atoms with van der Waals surface area (Å²) in [5, 5.41) is 3.27. The molecule has 1 aliphatic rings. The van der Waals surface area contributed by atoms with Crippen molar-refractivity contribution in [3.05, 3.63) is 97.6 Å². The van der Waals surface area contributed by atoms with Gasteiger partial charge in [-0.05, 0) is 31.5 Å². The SMILES string of the molecule is Cc1c(N2CCNC(C)C2)c(=O)n(CC(N)c2ccccc2)c(=O)n1Cc1c(F)cccc1C(F)(F)F. The third-order valence-electron chi connectivity index (χ3n) is 6.69. The fourth-order valence-corrected chi connectivity index (χ4v) is 4.78. The first-order valence-electron chi connectivity index (χ1n) is 12.0. The molecular formula is C26H29F4N5O2. The molecule has 0 aliphatic carbocycles. The highest BCUT2D eigenvalue weighted by Crippen LogP contribution is 2.33. The molecule has 1 saturated heterocycles. The molecule has 0 amide bonds. The van der Waals surface area contributed by atoms with Gasteiger partial charge in [0.2, 0.25) is 0 Å². The maximum Gasteiger partial charge on any atom is 0.416 e. The van der Waals surface area contributed by atoms with Crippen molar-refractivity contribution < 1.29 is 17.6 Å². The molecule has 1 aromatic heterocycles. The number of anilines is 1. The van der Waals surface area contributed by atoms with Gasteiger partial charge < -0.3 is 16.0 Å². The van der Waals surface area contributed by atoms with Gasteiger partial charge in [-0.15, -0.1) is 0 Å². The molecule has 198 valence electrons. The minimum atomic E-state index is -4.82.